The van der Waals surface area contributed by atoms with Crippen LogP contribution in [0.1, 0.15) is 39.7 Å². The third-order valence-electron chi connectivity index (χ3n) is 5.90. The molecule has 150 valence electrons. The van der Waals surface area contributed by atoms with E-state index in [-0.39, 0.29) is 6.04 Å². The molecule has 1 aliphatic rings. The number of nitrogens with zero attached hydrogens (tertiary/aromatic N) is 5. The highest BCUT2D eigenvalue weighted by atomic mass is 15.5. The van der Waals surface area contributed by atoms with Crippen LogP contribution in [-0.2, 0) is 19.5 Å². The van der Waals surface area contributed by atoms with Gasteiger partial charge in [0.2, 0.25) is 0 Å². The molecule has 5 nitrogen and oxygen atoms in total. The molecule has 5 heteroatoms. The fourth-order valence-electron chi connectivity index (χ4n) is 4.29. The molecule has 0 saturated carbocycles. The number of aromatic nitrogens is 4. The summed E-state index contributed by atoms with van der Waals surface area (Å²) in [6.45, 7) is 4.66. The van der Waals surface area contributed by atoms with Gasteiger partial charge in [-0.1, -0.05) is 84.4 Å². The molecule has 2 heterocycles. The summed E-state index contributed by atoms with van der Waals surface area (Å²) in [5, 5.41) is 12.9. The Kier molecular flexibility index (Phi) is 5.11. The molecule has 1 atom stereocenters. The predicted octanol–water partition coefficient (Wildman–Crippen LogP) is 4.18. The van der Waals surface area contributed by atoms with Crippen molar-refractivity contribution in [2.75, 3.05) is 6.54 Å². The van der Waals surface area contributed by atoms with Gasteiger partial charge in [0.15, 0.2) is 5.82 Å². The van der Waals surface area contributed by atoms with E-state index in [1.54, 1.807) is 0 Å². The van der Waals surface area contributed by atoms with Gasteiger partial charge in [-0.3, -0.25) is 4.90 Å². The smallest absolute Gasteiger partial charge is 0.173 e. The first-order valence-electron chi connectivity index (χ1n) is 10.5. The van der Waals surface area contributed by atoms with Gasteiger partial charge in [-0.15, -0.1) is 5.10 Å². The summed E-state index contributed by atoms with van der Waals surface area (Å²) >= 11 is 0. The van der Waals surface area contributed by atoms with Crippen molar-refractivity contribution in [1.29, 1.82) is 0 Å². The number of aryl methyl sites for hydroxylation is 1. The van der Waals surface area contributed by atoms with Crippen LogP contribution in [0.2, 0.25) is 0 Å². The molecule has 5 rings (SSSR count). The second kappa shape index (κ2) is 8.20. The zero-order valence-electron chi connectivity index (χ0n) is 17.1. The molecule has 1 unspecified atom stereocenters. The van der Waals surface area contributed by atoms with E-state index in [1.807, 2.05) is 10.7 Å². The molecule has 0 aliphatic carbocycles. The topological polar surface area (TPSA) is 46.8 Å². The molecule has 0 spiro atoms. The van der Waals surface area contributed by atoms with Crippen LogP contribution in [0.15, 0.2) is 78.9 Å². The average molecular weight is 396 g/mol. The third-order valence-corrected chi connectivity index (χ3v) is 5.90. The van der Waals surface area contributed by atoms with Crippen LogP contribution >= 0.6 is 0 Å². The minimum atomic E-state index is 0.0117. The Balaban J connectivity index is 1.53. The molecule has 1 aliphatic heterocycles. The standard InChI is InChI=1S/C25H25N5/c1-19-11-13-22(14-12-19)24(29-16-15-21-9-5-6-10-23(21)18-29)25-26-27-28-30(25)17-20-7-3-2-4-8-20/h2-14,24H,15-18H2,1H3. The van der Waals surface area contributed by atoms with Gasteiger partial charge in [-0.05, 0) is 46.0 Å². The van der Waals surface area contributed by atoms with Crippen molar-refractivity contribution < 1.29 is 0 Å². The Morgan fingerprint density at radius 3 is 2.40 bits per heavy atom. The summed E-state index contributed by atoms with van der Waals surface area (Å²) in [6.07, 6.45) is 1.04. The Morgan fingerprint density at radius 1 is 0.867 bits per heavy atom. The van der Waals surface area contributed by atoms with Gasteiger partial charge >= 0.3 is 0 Å². The molecule has 4 aromatic rings. The van der Waals surface area contributed by atoms with Gasteiger partial charge in [0.05, 0.1) is 12.6 Å². The number of hydrogen-bond donors (Lipinski definition) is 0. The average Bonchev–Trinajstić information content (AvgIpc) is 3.23. The lowest BCUT2D eigenvalue weighted by atomic mass is 9.95. The summed E-state index contributed by atoms with van der Waals surface area (Å²) in [5.41, 5.74) is 6.51. The molecule has 1 aromatic heterocycles. The summed E-state index contributed by atoms with van der Waals surface area (Å²) in [7, 11) is 0. The summed E-state index contributed by atoms with van der Waals surface area (Å²) in [6, 6.07) is 27.9. The van der Waals surface area contributed by atoms with Gasteiger partial charge in [0.25, 0.3) is 0 Å². The van der Waals surface area contributed by atoms with Gasteiger partial charge in [-0.2, -0.15) is 0 Å². The van der Waals surface area contributed by atoms with Gasteiger partial charge in [-0.25, -0.2) is 4.68 Å². The second-order valence-corrected chi connectivity index (χ2v) is 7.98. The Bertz CT molecular complexity index is 1120. The Hall–Kier alpha value is -3.31. The van der Waals surface area contributed by atoms with Crippen LogP contribution in [0.25, 0.3) is 0 Å². The van der Waals surface area contributed by atoms with Crippen LogP contribution < -0.4 is 0 Å². The molecular weight excluding hydrogens is 370 g/mol. The summed E-state index contributed by atoms with van der Waals surface area (Å²) < 4.78 is 1.94. The molecular formula is C25H25N5. The fourth-order valence-corrected chi connectivity index (χ4v) is 4.29. The van der Waals surface area contributed by atoms with Crippen molar-refractivity contribution in [3.63, 3.8) is 0 Å². The lowest BCUT2D eigenvalue weighted by Crippen LogP contribution is -2.36. The molecule has 0 saturated heterocycles. The van der Waals surface area contributed by atoms with Gasteiger partial charge in [0, 0.05) is 13.1 Å². The van der Waals surface area contributed by atoms with Crippen LogP contribution in [0.3, 0.4) is 0 Å². The van der Waals surface area contributed by atoms with Crippen LogP contribution in [-0.4, -0.2) is 31.7 Å². The summed E-state index contributed by atoms with van der Waals surface area (Å²) in [4.78, 5) is 2.50. The monoisotopic (exact) mass is 395 g/mol. The molecule has 30 heavy (non-hydrogen) atoms. The maximum absolute atomic E-state index is 4.50. The normalized spacial score (nSPS) is 15.0. The van der Waals surface area contributed by atoms with E-state index in [0.717, 1.165) is 25.3 Å². The highest BCUT2D eigenvalue weighted by molar-refractivity contribution is 5.33. The van der Waals surface area contributed by atoms with Crippen molar-refractivity contribution in [3.05, 3.63) is 113 Å². The zero-order chi connectivity index (χ0) is 20.3. The number of fused-ring (bicyclic) bond motifs is 1. The Labute approximate surface area is 177 Å². The maximum Gasteiger partial charge on any atom is 0.173 e. The van der Waals surface area contributed by atoms with E-state index in [0.29, 0.717) is 6.54 Å². The highest BCUT2D eigenvalue weighted by Crippen LogP contribution is 2.32. The molecule has 3 aromatic carbocycles. The molecule has 0 amide bonds. The molecule has 0 fully saturated rings. The van der Waals surface area contributed by atoms with Crippen molar-refractivity contribution in [2.45, 2.75) is 32.5 Å². The third kappa shape index (κ3) is 3.76. The first kappa shape index (κ1) is 18.7. The lowest BCUT2D eigenvalue weighted by molar-refractivity contribution is 0.195. The zero-order valence-corrected chi connectivity index (χ0v) is 17.1. The number of hydrogen-bond acceptors (Lipinski definition) is 4. The molecule has 0 radical (unpaired) electrons. The van der Waals surface area contributed by atoms with E-state index >= 15 is 0 Å². The van der Waals surface area contributed by atoms with E-state index in [9.17, 15) is 0 Å². The first-order chi connectivity index (χ1) is 14.8. The van der Waals surface area contributed by atoms with Crippen LogP contribution in [0.4, 0.5) is 0 Å². The molecule has 0 bridgehead atoms. The van der Waals surface area contributed by atoms with E-state index < -0.39 is 0 Å². The van der Waals surface area contributed by atoms with Gasteiger partial charge < -0.3 is 0 Å². The second-order valence-electron chi connectivity index (χ2n) is 7.98. The van der Waals surface area contributed by atoms with Crippen LogP contribution in [0.5, 0.6) is 0 Å². The van der Waals surface area contributed by atoms with Crippen molar-refractivity contribution in [3.8, 4) is 0 Å². The number of benzene rings is 3. The van der Waals surface area contributed by atoms with E-state index in [2.05, 4.69) is 100 Å². The number of rotatable bonds is 5. The highest BCUT2D eigenvalue weighted by Gasteiger charge is 2.30. The fraction of sp³-hybridized carbons (Fsp3) is 0.240. The molecule has 0 N–H and O–H groups in total. The SMILES string of the molecule is Cc1ccc(C(c2nnnn2Cc2ccccc2)N2CCc3ccccc3C2)cc1. The van der Waals surface area contributed by atoms with Crippen molar-refractivity contribution in [2.24, 2.45) is 0 Å². The minimum absolute atomic E-state index is 0.0117. The quantitative estimate of drug-likeness (QED) is 0.509. The van der Waals surface area contributed by atoms with Crippen molar-refractivity contribution in [1.82, 2.24) is 25.1 Å². The first-order valence-corrected chi connectivity index (χ1v) is 10.5. The van der Waals surface area contributed by atoms with Gasteiger partial charge in [0.1, 0.15) is 0 Å². The Morgan fingerprint density at radius 2 is 1.60 bits per heavy atom. The van der Waals surface area contributed by atoms with E-state index in [1.165, 1.54) is 27.8 Å². The number of tetrazole rings is 1. The lowest BCUT2D eigenvalue weighted by Gasteiger charge is -2.35. The van der Waals surface area contributed by atoms with E-state index in [4.69, 9.17) is 0 Å². The summed E-state index contributed by atoms with van der Waals surface area (Å²) in [5.74, 6) is 0.891. The largest absolute Gasteiger partial charge is 0.285 e. The van der Waals surface area contributed by atoms with Crippen LogP contribution in [0, 0.1) is 6.92 Å². The minimum Gasteiger partial charge on any atom is -0.285 e. The predicted molar refractivity (Wildman–Crippen MR) is 117 cm³/mol. The maximum atomic E-state index is 4.50. The van der Waals surface area contributed by atoms with Crippen molar-refractivity contribution >= 4 is 0 Å².